The first-order chi connectivity index (χ1) is 21.3. The SMILES string of the molecule is COc1ccc(CCC(=O)O)cc1OC.O=C(O)C(c1ccccc1)C(F)(F)F.O=C(O)Cc1ccc(-c2ccccc2)cc1. The summed E-state index contributed by atoms with van der Waals surface area (Å²) >= 11 is 0. The first kappa shape index (κ1) is 35.9. The lowest BCUT2D eigenvalue weighted by Gasteiger charge is -2.15. The second-order valence-electron chi connectivity index (χ2n) is 9.44. The number of hydrogen-bond acceptors (Lipinski definition) is 5. The molecule has 0 aliphatic rings. The van der Waals surface area contributed by atoms with E-state index < -0.39 is 30.0 Å². The third-order valence-electron chi connectivity index (χ3n) is 6.20. The summed E-state index contributed by atoms with van der Waals surface area (Å²) in [6, 6.07) is 29.6. The number of ether oxygens (including phenoxy) is 2. The monoisotopic (exact) mass is 626 g/mol. The minimum Gasteiger partial charge on any atom is -0.493 e. The van der Waals surface area contributed by atoms with Crippen molar-refractivity contribution in [1.82, 2.24) is 0 Å². The van der Waals surface area contributed by atoms with Crippen molar-refractivity contribution in [1.29, 1.82) is 0 Å². The standard InChI is InChI=1S/C14H12O2.C11H14O4.C9H7F3O2/c15-14(16)10-11-6-8-13(9-7-11)12-4-2-1-3-5-12;1-14-9-5-3-8(4-6-11(12)13)7-10(9)15-2;10-9(11,12)7(8(13)14)6-4-2-1-3-5-6/h1-9H,10H2,(H,15,16);3,5,7H,4,6H2,1-2H3,(H,12,13);1-5,7H,(H,13,14). The molecule has 4 aromatic rings. The van der Waals surface area contributed by atoms with Crippen LogP contribution in [0.25, 0.3) is 11.1 Å². The summed E-state index contributed by atoms with van der Waals surface area (Å²) in [6.45, 7) is 0. The van der Waals surface area contributed by atoms with Crippen LogP contribution in [0.2, 0.25) is 0 Å². The first-order valence-electron chi connectivity index (χ1n) is 13.5. The van der Waals surface area contributed by atoms with Gasteiger partial charge >= 0.3 is 24.1 Å². The predicted octanol–water partition coefficient (Wildman–Crippen LogP) is 7.12. The van der Waals surface area contributed by atoms with Crippen LogP contribution < -0.4 is 9.47 Å². The summed E-state index contributed by atoms with van der Waals surface area (Å²) in [7, 11) is 3.12. The Morgan fingerprint density at radius 3 is 1.64 bits per heavy atom. The Balaban J connectivity index is 0.000000236. The number of aliphatic carboxylic acids is 3. The number of hydrogen-bond donors (Lipinski definition) is 3. The highest BCUT2D eigenvalue weighted by Crippen LogP contribution is 2.34. The van der Waals surface area contributed by atoms with Gasteiger partial charge in [0.1, 0.15) is 0 Å². The maximum Gasteiger partial charge on any atom is 0.406 e. The summed E-state index contributed by atoms with van der Waals surface area (Å²) in [5.74, 6) is -4.65. The molecule has 1 atom stereocenters. The number of alkyl halides is 3. The van der Waals surface area contributed by atoms with Gasteiger partial charge in [-0.1, -0.05) is 91.0 Å². The number of carboxylic acids is 3. The lowest BCUT2D eigenvalue weighted by Crippen LogP contribution is -2.28. The fourth-order valence-corrected chi connectivity index (χ4v) is 4.02. The van der Waals surface area contributed by atoms with Crippen LogP contribution in [0.1, 0.15) is 29.0 Å². The molecule has 4 rings (SSSR count). The maximum atomic E-state index is 12.3. The topological polar surface area (TPSA) is 130 Å². The Hall–Kier alpha value is -5.32. The molecule has 0 saturated heterocycles. The van der Waals surface area contributed by atoms with Gasteiger partial charge in [0.25, 0.3) is 0 Å². The smallest absolute Gasteiger partial charge is 0.406 e. The van der Waals surface area contributed by atoms with Gasteiger partial charge in [0.05, 0.1) is 20.6 Å². The van der Waals surface area contributed by atoms with Gasteiger partial charge < -0.3 is 24.8 Å². The molecule has 0 fully saturated rings. The van der Waals surface area contributed by atoms with Gasteiger partial charge in [-0.25, -0.2) is 0 Å². The molecule has 0 radical (unpaired) electrons. The molecule has 0 saturated carbocycles. The summed E-state index contributed by atoms with van der Waals surface area (Å²) in [4.78, 5) is 31.3. The molecule has 0 spiro atoms. The van der Waals surface area contributed by atoms with Gasteiger partial charge in [0, 0.05) is 6.42 Å². The van der Waals surface area contributed by atoms with Gasteiger partial charge in [0.15, 0.2) is 17.4 Å². The number of benzene rings is 4. The summed E-state index contributed by atoms with van der Waals surface area (Å²) in [6.07, 6.45) is -4.06. The van der Waals surface area contributed by atoms with E-state index in [1.807, 2.05) is 60.7 Å². The second kappa shape index (κ2) is 17.7. The molecule has 11 heteroatoms. The predicted molar refractivity (Wildman–Crippen MR) is 162 cm³/mol. The molecule has 0 heterocycles. The van der Waals surface area contributed by atoms with E-state index in [-0.39, 0.29) is 18.4 Å². The molecular weight excluding hydrogens is 593 g/mol. The fourth-order valence-electron chi connectivity index (χ4n) is 4.02. The molecule has 0 aliphatic heterocycles. The minimum absolute atomic E-state index is 0.0784. The molecule has 1 unspecified atom stereocenters. The first-order valence-corrected chi connectivity index (χ1v) is 13.5. The summed E-state index contributed by atoms with van der Waals surface area (Å²) in [5.41, 5.74) is 3.74. The molecule has 238 valence electrons. The number of aryl methyl sites for hydroxylation is 1. The van der Waals surface area contributed by atoms with Crippen LogP contribution in [0.3, 0.4) is 0 Å². The quantitative estimate of drug-likeness (QED) is 0.170. The Kier molecular flexibility index (Phi) is 14.1. The lowest BCUT2D eigenvalue weighted by molar-refractivity contribution is -0.176. The molecule has 8 nitrogen and oxygen atoms in total. The van der Waals surface area contributed by atoms with Crippen molar-refractivity contribution in [2.75, 3.05) is 14.2 Å². The third kappa shape index (κ3) is 12.4. The Morgan fingerprint density at radius 2 is 1.18 bits per heavy atom. The highest BCUT2D eigenvalue weighted by Gasteiger charge is 2.46. The molecule has 45 heavy (non-hydrogen) atoms. The van der Waals surface area contributed by atoms with E-state index in [0.29, 0.717) is 17.9 Å². The number of methoxy groups -OCH3 is 2. The number of halogens is 3. The van der Waals surface area contributed by atoms with Crippen LogP contribution >= 0.6 is 0 Å². The van der Waals surface area contributed by atoms with E-state index in [4.69, 9.17) is 24.8 Å². The average molecular weight is 627 g/mol. The highest BCUT2D eigenvalue weighted by molar-refractivity contribution is 5.77. The van der Waals surface area contributed by atoms with Gasteiger partial charge in [-0.3, -0.25) is 14.4 Å². The van der Waals surface area contributed by atoms with Gasteiger partial charge in [-0.05, 0) is 46.4 Å². The van der Waals surface area contributed by atoms with E-state index in [1.54, 1.807) is 26.4 Å². The zero-order valence-corrected chi connectivity index (χ0v) is 24.5. The van der Waals surface area contributed by atoms with E-state index in [1.165, 1.54) is 18.2 Å². The Labute approximate surface area is 258 Å². The third-order valence-corrected chi connectivity index (χ3v) is 6.20. The van der Waals surface area contributed by atoms with Crippen LogP contribution in [-0.2, 0) is 27.2 Å². The molecule has 0 amide bonds. The number of rotatable bonds is 10. The van der Waals surface area contributed by atoms with Crippen LogP contribution in [-0.4, -0.2) is 53.6 Å². The molecule has 3 N–H and O–H groups in total. The average Bonchev–Trinajstić information content (AvgIpc) is 3.00. The number of carbonyl (C=O) groups is 3. The van der Waals surface area contributed by atoms with Crippen LogP contribution in [0.4, 0.5) is 13.2 Å². The van der Waals surface area contributed by atoms with Crippen molar-refractivity contribution in [2.24, 2.45) is 0 Å². The lowest BCUT2D eigenvalue weighted by atomic mass is 9.99. The molecular formula is C34H33F3O8. The summed E-state index contributed by atoms with van der Waals surface area (Å²) in [5, 5.41) is 25.6. The fraction of sp³-hybridized carbons (Fsp3) is 0.206. The molecule has 0 bridgehead atoms. The zero-order valence-electron chi connectivity index (χ0n) is 24.5. The summed E-state index contributed by atoms with van der Waals surface area (Å²) < 4.78 is 47.0. The highest BCUT2D eigenvalue weighted by atomic mass is 19.4. The zero-order chi connectivity index (χ0) is 33.4. The molecule has 0 aromatic heterocycles. The van der Waals surface area contributed by atoms with E-state index in [2.05, 4.69) is 0 Å². The van der Waals surface area contributed by atoms with Gasteiger partial charge in [0.2, 0.25) is 0 Å². The largest absolute Gasteiger partial charge is 0.493 e. The van der Waals surface area contributed by atoms with E-state index >= 15 is 0 Å². The maximum absolute atomic E-state index is 12.3. The van der Waals surface area contributed by atoms with Crippen molar-refractivity contribution in [2.45, 2.75) is 31.4 Å². The van der Waals surface area contributed by atoms with Crippen LogP contribution in [0.15, 0.2) is 103 Å². The Morgan fingerprint density at radius 1 is 0.667 bits per heavy atom. The normalized spacial score (nSPS) is 11.0. The van der Waals surface area contributed by atoms with Gasteiger partial charge in [-0.15, -0.1) is 0 Å². The van der Waals surface area contributed by atoms with Crippen LogP contribution in [0.5, 0.6) is 11.5 Å². The van der Waals surface area contributed by atoms with Gasteiger partial charge in [-0.2, -0.15) is 13.2 Å². The Bertz CT molecular complexity index is 1510. The molecule has 0 aliphatic carbocycles. The minimum atomic E-state index is -4.76. The van der Waals surface area contributed by atoms with Crippen molar-refractivity contribution >= 4 is 17.9 Å². The van der Waals surface area contributed by atoms with Crippen LogP contribution in [0, 0.1) is 0 Å². The van der Waals surface area contributed by atoms with Crippen molar-refractivity contribution in [3.05, 3.63) is 120 Å². The van der Waals surface area contributed by atoms with Crippen molar-refractivity contribution in [3.63, 3.8) is 0 Å². The van der Waals surface area contributed by atoms with E-state index in [9.17, 15) is 27.6 Å². The number of carboxylic acid groups (broad SMARTS) is 3. The van der Waals surface area contributed by atoms with Crippen molar-refractivity contribution < 1.29 is 52.3 Å². The second-order valence-corrected chi connectivity index (χ2v) is 9.44. The van der Waals surface area contributed by atoms with Crippen molar-refractivity contribution in [3.8, 4) is 22.6 Å². The van der Waals surface area contributed by atoms with E-state index in [0.717, 1.165) is 34.4 Å². The molecule has 4 aromatic carbocycles.